The number of hydrogen-bond acceptors (Lipinski definition) is 1. The second-order valence-electron chi connectivity index (χ2n) is 11.0. The van der Waals surface area contributed by atoms with Crippen molar-refractivity contribution in [2.45, 2.75) is 112 Å². The fraction of sp³-hybridized carbons (Fsp3) is 0.586. The molecule has 1 nitrogen and oxygen atoms in total. The van der Waals surface area contributed by atoms with Crippen LogP contribution in [-0.2, 0) is 23.7 Å². The van der Waals surface area contributed by atoms with Gasteiger partial charge < -0.3 is 5.32 Å². The van der Waals surface area contributed by atoms with E-state index in [1.165, 1.54) is 64.9 Å². The Morgan fingerprint density at radius 1 is 0.767 bits per heavy atom. The minimum Gasteiger partial charge on any atom is -0.355 e. The average Bonchev–Trinajstić information content (AvgIpc) is 2.65. The molecular formula is C29H45N. The van der Waals surface area contributed by atoms with Crippen LogP contribution in [-0.4, -0.2) is 0 Å². The summed E-state index contributed by atoms with van der Waals surface area (Å²) >= 11 is 0. The van der Waals surface area contributed by atoms with E-state index in [0.717, 1.165) is 12.8 Å². The topological polar surface area (TPSA) is 12.0 Å². The minimum atomic E-state index is 0.120. The van der Waals surface area contributed by atoms with Crippen LogP contribution in [0.2, 0.25) is 0 Å². The highest BCUT2D eigenvalue weighted by molar-refractivity contribution is 5.71. The van der Waals surface area contributed by atoms with Crippen molar-refractivity contribution >= 4 is 11.4 Å². The third-order valence-corrected chi connectivity index (χ3v) is 6.18. The maximum absolute atomic E-state index is 3.95. The van der Waals surface area contributed by atoms with Crippen molar-refractivity contribution in [1.82, 2.24) is 0 Å². The van der Waals surface area contributed by atoms with E-state index in [4.69, 9.17) is 0 Å². The van der Waals surface area contributed by atoms with Gasteiger partial charge in [-0.25, -0.2) is 0 Å². The third-order valence-electron chi connectivity index (χ3n) is 6.18. The summed E-state index contributed by atoms with van der Waals surface area (Å²) in [6.07, 6.45) is 7.21. The molecule has 30 heavy (non-hydrogen) atoms. The first kappa shape index (κ1) is 24.5. The first-order chi connectivity index (χ1) is 14.0. The molecule has 0 aliphatic carbocycles. The number of para-hydroxylation sites is 1. The van der Waals surface area contributed by atoms with Gasteiger partial charge in [0.2, 0.25) is 0 Å². The van der Waals surface area contributed by atoms with E-state index in [1.807, 2.05) is 0 Å². The summed E-state index contributed by atoms with van der Waals surface area (Å²) in [4.78, 5) is 0. The normalized spacial score (nSPS) is 12.3. The molecular weight excluding hydrogens is 362 g/mol. The summed E-state index contributed by atoms with van der Waals surface area (Å²) < 4.78 is 0. The van der Waals surface area contributed by atoms with E-state index in [-0.39, 0.29) is 10.8 Å². The zero-order valence-electron chi connectivity index (χ0n) is 21.1. The molecule has 2 aromatic carbocycles. The Morgan fingerprint density at radius 2 is 1.30 bits per heavy atom. The molecule has 0 bridgehead atoms. The van der Waals surface area contributed by atoms with Crippen molar-refractivity contribution in [2.24, 2.45) is 0 Å². The van der Waals surface area contributed by atoms with Crippen LogP contribution in [0.3, 0.4) is 0 Å². The molecule has 0 aliphatic rings. The Kier molecular flexibility index (Phi) is 8.20. The SMILES string of the molecule is CCCCc1cccc(CCCC)c1Nc1cc(C(C)(C)C)cc(C(C)(C)C)c1C. The molecule has 0 saturated heterocycles. The van der Waals surface area contributed by atoms with Crippen LogP contribution in [0.1, 0.15) is 109 Å². The van der Waals surface area contributed by atoms with Crippen molar-refractivity contribution in [3.8, 4) is 0 Å². The Labute approximate surface area is 186 Å². The Bertz CT molecular complexity index is 804. The van der Waals surface area contributed by atoms with Crippen LogP contribution in [0.25, 0.3) is 0 Å². The maximum Gasteiger partial charge on any atom is 0.0449 e. The van der Waals surface area contributed by atoms with E-state index in [9.17, 15) is 0 Å². The Hall–Kier alpha value is -1.76. The van der Waals surface area contributed by atoms with Gasteiger partial charge in [-0.3, -0.25) is 0 Å². The molecule has 2 rings (SSSR count). The van der Waals surface area contributed by atoms with Gasteiger partial charge in [0.1, 0.15) is 0 Å². The molecule has 0 aromatic heterocycles. The lowest BCUT2D eigenvalue weighted by Crippen LogP contribution is -2.19. The molecule has 0 radical (unpaired) electrons. The van der Waals surface area contributed by atoms with Crippen LogP contribution in [0.4, 0.5) is 11.4 Å². The first-order valence-corrected chi connectivity index (χ1v) is 12.0. The summed E-state index contributed by atoms with van der Waals surface area (Å²) in [5, 5.41) is 3.95. The predicted molar refractivity (Wildman–Crippen MR) is 136 cm³/mol. The third kappa shape index (κ3) is 6.13. The first-order valence-electron chi connectivity index (χ1n) is 12.0. The van der Waals surface area contributed by atoms with E-state index < -0.39 is 0 Å². The molecule has 2 aromatic rings. The maximum atomic E-state index is 3.95. The smallest absolute Gasteiger partial charge is 0.0449 e. The Morgan fingerprint density at radius 3 is 1.73 bits per heavy atom. The number of aryl methyl sites for hydroxylation is 2. The molecule has 0 unspecified atom stereocenters. The van der Waals surface area contributed by atoms with Gasteiger partial charge in [0.05, 0.1) is 0 Å². The lowest BCUT2D eigenvalue weighted by atomic mass is 9.78. The fourth-order valence-electron chi connectivity index (χ4n) is 4.16. The lowest BCUT2D eigenvalue weighted by molar-refractivity contribution is 0.566. The second kappa shape index (κ2) is 10.0. The van der Waals surface area contributed by atoms with Crippen LogP contribution < -0.4 is 5.32 Å². The van der Waals surface area contributed by atoms with Gasteiger partial charge in [-0.15, -0.1) is 0 Å². The van der Waals surface area contributed by atoms with Gasteiger partial charge in [0.15, 0.2) is 0 Å². The number of unbranched alkanes of at least 4 members (excludes halogenated alkanes) is 2. The molecule has 0 saturated carbocycles. The summed E-state index contributed by atoms with van der Waals surface area (Å²) in [7, 11) is 0. The van der Waals surface area contributed by atoms with Crippen molar-refractivity contribution in [3.63, 3.8) is 0 Å². The standard InChI is InChI=1S/C29H45N/c1-10-12-15-22-17-14-18-23(16-13-11-2)27(22)30-26-20-24(28(4,5)6)19-25(21(26)3)29(7,8)9/h14,17-20,30H,10-13,15-16H2,1-9H3. The van der Waals surface area contributed by atoms with Crippen molar-refractivity contribution in [2.75, 3.05) is 5.32 Å². The fourth-order valence-corrected chi connectivity index (χ4v) is 4.16. The number of hydrogen-bond donors (Lipinski definition) is 1. The van der Waals surface area contributed by atoms with Crippen molar-refractivity contribution < 1.29 is 0 Å². The predicted octanol–water partition coefficient (Wildman–Crippen LogP) is 9.02. The number of nitrogens with one attached hydrogen (secondary N) is 1. The van der Waals surface area contributed by atoms with Crippen LogP contribution >= 0.6 is 0 Å². The lowest BCUT2D eigenvalue weighted by Gasteiger charge is -2.29. The molecule has 1 heteroatoms. The van der Waals surface area contributed by atoms with Crippen molar-refractivity contribution in [3.05, 3.63) is 58.1 Å². The van der Waals surface area contributed by atoms with Gasteiger partial charge >= 0.3 is 0 Å². The quantitative estimate of drug-likeness (QED) is 0.460. The zero-order chi connectivity index (χ0) is 22.5. The van der Waals surface area contributed by atoms with Gasteiger partial charge in [-0.05, 0) is 77.3 Å². The number of benzene rings is 2. The molecule has 0 aliphatic heterocycles. The monoisotopic (exact) mass is 407 g/mol. The van der Waals surface area contributed by atoms with E-state index >= 15 is 0 Å². The second-order valence-corrected chi connectivity index (χ2v) is 11.0. The van der Waals surface area contributed by atoms with E-state index in [1.54, 1.807) is 0 Å². The highest BCUT2D eigenvalue weighted by atomic mass is 14.9. The molecule has 0 amide bonds. The highest BCUT2D eigenvalue weighted by Gasteiger charge is 2.24. The summed E-state index contributed by atoms with van der Waals surface area (Å²) in [6.45, 7) is 20.8. The Balaban J connectivity index is 2.62. The summed E-state index contributed by atoms with van der Waals surface area (Å²) in [5.41, 5.74) is 10.0. The molecule has 0 spiro atoms. The summed E-state index contributed by atoms with van der Waals surface area (Å²) in [5.74, 6) is 0. The molecule has 0 fully saturated rings. The molecule has 0 heterocycles. The minimum absolute atomic E-state index is 0.120. The van der Waals surface area contributed by atoms with Gasteiger partial charge in [0, 0.05) is 11.4 Å². The number of anilines is 2. The molecule has 0 atom stereocenters. The van der Waals surface area contributed by atoms with Crippen LogP contribution in [0.15, 0.2) is 30.3 Å². The highest BCUT2D eigenvalue weighted by Crippen LogP contribution is 2.38. The van der Waals surface area contributed by atoms with E-state index in [0.29, 0.717) is 0 Å². The molecule has 166 valence electrons. The van der Waals surface area contributed by atoms with Crippen molar-refractivity contribution in [1.29, 1.82) is 0 Å². The largest absolute Gasteiger partial charge is 0.355 e. The van der Waals surface area contributed by atoms with Gasteiger partial charge in [-0.2, -0.15) is 0 Å². The molecule has 1 N–H and O–H groups in total. The zero-order valence-corrected chi connectivity index (χ0v) is 21.1. The van der Waals surface area contributed by atoms with Crippen LogP contribution in [0.5, 0.6) is 0 Å². The van der Waals surface area contributed by atoms with E-state index in [2.05, 4.69) is 98.0 Å². The van der Waals surface area contributed by atoms with Gasteiger partial charge in [0.25, 0.3) is 0 Å². The number of rotatable bonds is 8. The van der Waals surface area contributed by atoms with Crippen LogP contribution in [0, 0.1) is 6.92 Å². The average molecular weight is 408 g/mol. The summed E-state index contributed by atoms with van der Waals surface area (Å²) in [6, 6.07) is 11.7. The van der Waals surface area contributed by atoms with Gasteiger partial charge in [-0.1, -0.05) is 92.5 Å².